The van der Waals surface area contributed by atoms with Crippen LogP contribution in [0.5, 0.6) is 5.75 Å². The van der Waals surface area contributed by atoms with E-state index in [9.17, 15) is 4.79 Å². The van der Waals surface area contributed by atoms with Gasteiger partial charge in [-0.15, -0.1) is 11.3 Å². The highest BCUT2D eigenvalue weighted by atomic mass is 32.1. The lowest BCUT2D eigenvalue weighted by atomic mass is 9.98. The zero-order valence-electron chi connectivity index (χ0n) is 20.0. The number of benzene rings is 3. The Morgan fingerprint density at radius 3 is 2.60 bits per heavy atom. The predicted molar refractivity (Wildman–Crippen MR) is 146 cm³/mol. The van der Waals surface area contributed by atoms with E-state index in [0.717, 1.165) is 36.6 Å². The Kier molecular flexibility index (Phi) is 7.31. The zero-order chi connectivity index (χ0) is 24.0. The Morgan fingerprint density at radius 1 is 1.00 bits per heavy atom. The van der Waals surface area contributed by atoms with Gasteiger partial charge in [0.05, 0.1) is 0 Å². The van der Waals surface area contributed by atoms with Gasteiger partial charge in [-0.2, -0.15) is 0 Å². The van der Waals surface area contributed by atoms with Crippen molar-refractivity contribution < 1.29 is 9.53 Å². The summed E-state index contributed by atoms with van der Waals surface area (Å²) in [4.78, 5) is 15.5. The third kappa shape index (κ3) is 5.66. The van der Waals surface area contributed by atoms with Crippen molar-refractivity contribution in [2.75, 3.05) is 38.6 Å². The highest BCUT2D eigenvalue weighted by Crippen LogP contribution is 2.40. The molecule has 5 rings (SSSR count). The minimum absolute atomic E-state index is 0.221. The highest BCUT2D eigenvalue weighted by Gasteiger charge is 2.15. The largest absolute Gasteiger partial charge is 0.492 e. The third-order valence-corrected chi connectivity index (χ3v) is 7.75. The fourth-order valence-electron chi connectivity index (χ4n) is 4.65. The lowest BCUT2D eigenvalue weighted by Crippen LogP contribution is -2.25. The van der Waals surface area contributed by atoms with E-state index in [2.05, 4.69) is 70.1 Å². The fourth-order valence-corrected chi connectivity index (χ4v) is 5.86. The van der Waals surface area contributed by atoms with Crippen molar-refractivity contribution in [3.8, 4) is 16.2 Å². The maximum atomic E-state index is 11.8. The number of rotatable bonds is 8. The van der Waals surface area contributed by atoms with Gasteiger partial charge >= 0.3 is 6.03 Å². The van der Waals surface area contributed by atoms with Crippen molar-refractivity contribution in [1.82, 2.24) is 10.2 Å². The molecule has 180 valence electrons. The molecule has 6 heteroatoms. The number of likely N-dealkylation sites (tertiary alicyclic amines) is 1. The molecule has 0 aliphatic carbocycles. The van der Waals surface area contributed by atoms with Crippen molar-refractivity contribution in [2.24, 2.45) is 0 Å². The molecular weight excluding hydrogens is 454 g/mol. The number of ether oxygens (including phenoxy) is 1. The van der Waals surface area contributed by atoms with Gasteiger partial charge in [-0.1, -0.05) is 42.5 Å². The van der Waals surface area contributed by atoms with Crippen LogP contribution in [0.2, 0.25) is 0 Å². The Morgan fingerprint density at radius 2 is 1.80 bits per heavy atom. The van der Waals surface area contributed by atoms with Gasteiger partial charge in [0.25, 0.3) is 0 Å². The highest BCUT2D eigenvalue weighted by molar-refractivity contribution is 7.22. The maximum absolute atomic E-state index is 11.8. The molecule has 0 saturated carbocycles. The van der Waals surface area contributed by atoms with Gasteiger partial charge in [0.1, 0.15) is 12.4 Å². The minimum Gasteiger partial charge on any atom is -0.492 e. The van der Waals surface area contributed by atoms with E-state index < -0.39 is 0 Å². The fraction of sp³-hybridized carbons (Fsp3) is 0.276. The summed E-state index contributed by atoms with van der Waals surface area (Å²) < 4.78 is 7.26. The van der Waals surface area contributed by atoms with E-state index in [-0.39, 0.29) is 6.03 Å². The molecule has 4 aromatic rings. The maximum Gasteiger partial charge on any atom is 0.318 e. The number of carbonyl (C=O) groups excluding carboxylic acids is 1. The van der Waals surface area contributed by atoms with E-state index >= 15 is 0 Å². The van der Waals surface area contributed by atoms with E-state index in [1.165, 1.54) is 52.0 Å². The SMILES string of the molecule is CNC(=O)Nc1cccc(-c2sc3ccccc3c2Cc2ccc(OCCN3CCCC3)cc2)c1. The number of carbonyl (C=O) groups is 1. The number of nitrogens with one attached hydrogen (secondary N) is 2. The number of nitrogens with zero attached hydrogens (tertiary/aromatic N) is 1. The van der Waals surface area contributed by atoms with Gasteiger partial charge in [0, 0.05) is 28.9 Å². The van der Waals surface area contributed by atoms with Gasteiger partial charge in [0.2, 0.25) is 0 Å². The summed E-state index contributed by atoms with van der Waals surface area (Å²) in [5, 5.41) is 6.77. The topological polar surface area (TPSA) is 53.6 Å². The second-order valence-electron chi connectivity index (χ2n) is 8.91. The first-order valence-electron chi connectivity index (χ1n) is 12.2. The van der Waals surface area contributed by atoms with Crippen molar-refractivity contribution in [3.05, 3.63) is 83.9 Å². The molecule has 0 atom stereocenters. The number of anilines is 1. The standard InChI is InChI=1S/C29H31N3O2S/c1-30-29(33)31-23-8-6-7-22(20-23)28-26(25-9-2-3-10-27(25)35-28)19-21-11-13-24(14-12-21)34-18-17-32-15-4-5-16-32/h2-3,6-14,20H,4-5,15-19H2,1H3,(H2,30,31,33). The number of fused-ring (bicyclic) bond motifs is 1. The molecule has 0 radical (unpaired) electrons. The zero-order valence-corrected chi connectivity index (χ0v) is 20.9. The second kappa shape index (κ2) is 10.9. The number of hydrogen-bond acceptors (Lipinski definition) is 4. The molecule has 1 aliphatic heterocycles. The van der Waals surface area contributed by atoms with Crippen LogP contribution in [0.25, 0.3) is 20.5 Å². The first-order chi connectivity index (χ1) is 17.2. The molecule has 2 heterocycles. The van der Waals surface area contributed by atoms with Crippen molar-refractivity contribution in [3.63, 3.8) is 0 Å². The molecule has 0 bridgehead atoms. The van der Waals surface area contributed by atoms with Gasteiger partial charge in [-0.05, 0) is 84.8 Å². The van der Waals surface area contributed by atoms with Crippen LogP contribution >= 0.6 is 11.3 Å². The van der Waals surface area contributed by atoms with Crippen LogP contribution in [0.4, 0.5) is 10.5 Å². The van der Waals surface area contributed by atoms with Crippen molar-refractivity contribution >= 4 is 33.1 Å². The smallest absolute Gasteiger partial charge is 0.318 e. The summed E-state index contributed by atoms with van der Waals surface area (Å²) in [5.74, 6) is 0.927. The van der Waals surface area contributed by atoms with Crippen LogP contribution in [0, 0.1) is 0 Å². The molecule has 1 aromatic heterocycles. The monoisotopic (exact) mass is 485 g/mol. The van der Waals surface area contributed by atoms with E-state index in [0.29, 0.717) is 0 Å². The molecule has 5 nitrogen and oxygen atoms in total. The number of thiophene rings is 1. The molecular formula is C29H31N3O2S. The Hall–Kier alpha value is -3.35. The minimum atomic E-state index is -0.221. The quantitative estimate of drug-likeness (QED) is 0.304. The molecule has 0 unspecified atom stereocenters. The van der Waals surface area contributed by atoms with Gasteiger partial charge in [-0.3, -0.25) is 4.90 Å². The number of hydrogen-bond donors (Lipinski definition) is 2. The average Bonchev–Trinajstić information content (AvgIpc) is 3.53. The van der Waals surface area contributed by atoms with Crippen molar-refractivity contribution in [2.45, 2.75) is 19.3 Å². The normalized spacial score (nSPS) is 13.7. The predicted octanol–water partition coefficient (Wildman–Crippen LogP) is 6.39. The van der Waals surface area contributed by atoms with Crippen LogP contribution in [0.1, 0.15) is 24.0 Å². The molecule has 2 N–H and O–H groups in total. The lowest BCUT2D eigenvalue weighted by molar-refractivity contribution is 0.238. The molecule has 1 saturated heterocycles. The van der Waals surface area contributed by atoms with Crippen molar-refractivity contribution in [1.29, 1.82) is 0 Å². The van der Waals surface area contributed by atoms with Crippen LogP contribution in [0.15, 0.2) is 72.8 Å². The summed E-state index contributed by atoms with van der Waals surface area (Å²) >= 11 is 1.80. The molecule has 0 spiro atoms. The van der Waals surface area contributed by atoms with Crippen LogP contribution < -0.4 is 15.4 Å². The molecule has 3 aromatic carbocycles. The Bertz CT molecular complexity index is 1290. The van der Waals surface area contributed by atoms with E-state index in [1.807, 2.05) is 18.2 Å². The first kappa shape index (κ1) is 23.4. The number of urea groups is 1. The Balaban J connectivity index is 1.36. The van der Waals surface area contributed by atoms with Crippen LogP contribution in [0.3, 0.4) is 0 Å². The number of amides is 2. The van der Waals surface area contributed by atoms with E-state index in [1.54, 1.807) is 18.4 Å². The summed E-state index contributed by atoms with van der Waals surface area (Å²) in [6.07, 6.45) is 3.45. The summed E-state index contributed by atoms with van der Waals surface area (Å²) in [7, 11) is 1.62. The van der Waals surface area contributed by atoms with Gasteiger partial charge < -0.3 is 15.4 Å². The Labute approximate surface area is 210 Å². The molecule has 2 amide bonds. The van der Waals surface area contributed by atoms with Gasteiger partial charge in [0.15, 0.2) is 0 Å². The summed E-state index contributed by atoms with van der Waals surface area (Å²) in [5.41, 5.74) is 4.45. The summed E-state index contributed by atoms with van der Waals surface area (Å²) in [6.45, 7) is 4.13. The van der Waals surface area contributed by atoms with Gasteiger partial charge in [-0.25, -0.2) is 4.79 Å². The molecule has 35 heavy (non-hydrogen) atoms. The summed E-state index contributed by atoms with van der Waals surface area (Å²) in [6, 6.07) is 24.9. The van der Waals surface area contributed by atoms with Crippen LogP contribution in [-0.4, -0.2) is 44.2 Å². The third-order valence-electron chi connectivity index (χ3n) is 6.49. The molecule has 1 aliphatic rings. The average molecular weight is 486 g/mol. The first-order valence-corrected chi connectivity index (χ1v) is 13.0. The second-order valence-corrected chi connectivity index (χ2v) is 9.96. The van der Waals surface area contributed by atoms with E-state index in [4.69, 9.17) is 4.74 Å². The molecule has 1 fully saturated rings. The van der Waals surface area contributed by atoms with Crippen LogP contribution in [-0.2, 0) is 6.42 Å². The lowest BCUT2D eigenvalue weighted by Gasteiger charge is -2.15.